The van der Waals surface area contributed by atoms with Crippen LogP contribution in [0.2, 0.25) is 0 Å². The Balaban J connectivity index is 2.59. The normalized spacial score (nSPS) is 16.5. The van der Waals surface area contributed by atoms with E-state index in [9.17, 15) is 9.59 Å². The molecule has 1 rings (SSSR count). The van der Waals surface area contributed by atoms with Crippen LogP contribution in [0.25, 0.3) is 0 Å². The summed E-state index contributed by atoms with van der Waals surface area (Å²) in [5.74, 6) is -0.302. The Labute approximate surface area is 77.8 Å². The predicted molar refractivity (Wildman–Crippen MR) is 49.2 cm³/mol. The number of imide groups is 1. The molecule has 1 aliphatic rings. The van der Waals surface area contributed by atoms with Crippen molar-refractivity contribution in [2.75, 3.05) is 19.6 Å². The van der Waals surface area contributed by atoms with Crippen LogP contribution in [-0.2, 0) is 4.79 Å². The lowest BCUT2D eigenvalue weighted by Crippen LogP contribution is -2.35. The molecule has 0 spiro atoms. The molecule has 0 aromatic carbocycles. The number of amides is 3. The highest BCUT2D eigenvalue weighted by atomic mass is 16.2. The van der Waals surface area contributed by atoms with Crippen molar-refractivity contribution in [2.24, 2.45) is 0 Å². The third-order valence-corrected chi connectivity index (χ3v) is 2.03. The van der Waals surface area contributed by atoms with Crippen LogP contribution in [-0.4, -0.2) is 41.4 Å². The maximum atomic E-state index is 11.5. The molecule has 0 aromatic heterocycles. The van der Waals surface area contributed by atoms with Crippen LogP contribution in [0, 0.1) is 0 Å². The van der Waals surface area contributed by atoms with Gasteiger partial charge in [0.2, 0.25) is 0 Å². The van der Waals surface area contributed by atoms with Crippen molar-refractivity contribution in [1.29, 1.82) is 0 Å². The average molecular weight is 182 g/mol. The van der Waals surface area contributed by atoms with Gasteiger partial charge in [0, 0.05) is 19.6 Å². The smallest absolute Gasteiger partial charge is 0.322 e. The highest BCUT2D eigenvalue weighted by Gasteiger charge is 2.30. The molecular weight excluding hydrogens is 168 g/mol. The highest BCUT2D eigenvalue weighted by molar-refractivity contribution is 6.01. The minimum Gasteiger partial charge on any atom is -0.322 e. The van der Waals surface area contributed by atoms with Crippen LogP contribution < -0.4 is 0 Å². The third-order valence-electron chi connectivity index (χ3n) is 2.03. The first-order chi connectivity index (χ1) is 6.20. The van der Waals surface area contributed by atoms with E-state index in [4.69, 9.17) is 0 Å². The fourth-order valence-corrected chi connectivity index (χ4v) is 1.37. The van der Waals surface area contributed by atoms with Crippen LogP contribution >= 0.6 is 0 Å². The summed E-state index contributed by atoms with van der Waals surface area (Å²) in [7, 11) is 0. The number of rotatable bonds is 3. The molecule has 4 nitrogen and oxygen atoms in total. The topological polar surface area (TPSA) is 40.6 Å². The van der Waals surface area contributed by atoms with Crippen molar-refractivity contribution in [2.45, 2.75) is 13.3 Å². The molecule has 1 saturated heterocycles. The number of hydrogen-bond donors (Lipinski definition) is 0. The Morgan fingerprint density at radius 2 is 2.31 bits per heavy atom. The average Bonchev–Trinajstić information content (AvgIpc) is 2.48. The Bertz CT molecular complexity index is 238. The van der Waals surface area contributed by atoms with E-state index >= 15 is 0 Å². The molecule has 0 bridgehead atoms. The van der Waals surface area contributed by atoms with Gasteiger partial charge in [-0.15, -0.1) is 0 Å². The standard InChI is InChI=1S/C9H14N2O2/c1-3-5-10-6-7-11(9(10)13)8(12)4-2/h4H,2-3,5-7H2,1H3. The van der Waals surface area contributed by atoms with Gasteiger partial charge in [-0.25, -0.2) is 4.79 Å². The van der Waals surface area contributed by atoms with Gasteiger partial charge in [0.05, 0.1) is 0 Å². The molecule has 4 heteroatoms. The number of urea groups is 1. The van der Waals surface area contributed by atoms with Gasteiger partial charge in [0.25, 0.3) is 5.91 Å². The van der Waals surface area contributed by atoms with E-state index in [2.05, 4.69) is 6.58 Å². The number of hydrogen-bond acceptors (Lipinski definition) is 2. The van der Waals surface area contributed by atoms with Crippen LogP contribution in [0.3, 0.4) is 0 Å². The van der Waals surface area contributed by atoms with E-state index in [0.29, 0.717) is 13.1 Å². The summed E-state index contributed by atoms with van der Waals surface area (Å²) in [6.07, 6.45) is 2.09. The van der Waals surface area contributed by atoms with Crippen molar-refractivity contribution in [3.8, 4) is 0 Å². The quantitative estimate of drug-likeness (QED) is 0.607. The summed E-state index contributed by atoms with van der Waals surface area (Å²) in [4.78, 5) is 25.5. The van der Waals surface area contributed by atoms with Gasteiger partial charge in [-0.1, -0.05) is 13.5 Å². The second kappa shape index (κ2) is 4.07. The van der Waals surface area contributed by atoms with Crippen LogP contribution in [0.15, 0.2) is 12.7 Å². The first-order valence-corrected chi connectivity index (χ1v) is 4.43. The van der Waals surface area contributed by atoms with Gasteiger partial charge in [-0.05, 0) is 12.5 Å². The lowest BCUT2D eigenvalue weighted by molar-refractivity contribution is -0.122. The molecule has 0 atom stereocenters. The van der Waals surface area contributed by atoms with E-state index in [-0.39, 0.29) is 11.9 Å². The van der Waals surface area contributed by atoms with Gasteiger partial charge < -0.3 is 4.90 Å². The molecule has 0 unspecified atom stereocenters. The zero-order valence-electron chi connectivity index (χ0n) is 7.82. The van der Waals surface area contributed by atoms with Crippen molar-refractivity contribution in [3.63, 3.8) is 0 Å². The molecule has 0 N–H and O–H groups in total. The maximum absolute atomic E-state index is 11.5. The summed E-state index contributed by atoms with van der Waals surface area (Å²) >= 11 is 0. The minimum atomic E-state index is -0.302. The van der Waals surface area contributed by atoms with Gasteiger partial charge in [-0.2, -0.15) is 0 Å². The molecule has 1 aliphatic heterocycles. The SMILES string of the molecule is C=CC(=O)N1CCN(CCC)C1=O. The number of carbonyl (C=O) groups is 2. The molecular formula is C9H14N2O2. The Morgan fingerprint density at radius 3 is 2.85 bits per heavy atom. The van der Waals surface area contributed by atoms with Gasteiger partial charge in [0.15, 0.2) is 0 Å². The molecule has 1 heterocycles. The fourth-order valence-electron chi connectivity index (χ4n) is 1.37. The maximum Gasteiger partial charge on any atom is 0.327 e. The van der Waals surface area contributed by atoms with Crippen molar-refractivity contribution in [1.82, 2.24) is 9.80 Å². The van der Waals surface area contributed by atoms with E-state index in [1.165, 1.54) is 11.0 Å². The fraction of sp³-hybridized carbons (Fsp3) is 0.556. The van der Waals surface area contributed by atoms with E-state index in [1.807, 2.05) is 6.92 Å². The van der Waals surface area contributed by atoms with E-state index in [1.54, 1.807) is 4.90 Å². The molecule has 0 aliphatic carbocycles. The first kappa shape index (κ1) is 9.77. The molecule has 0 saturated carbocycles. The van der Waals surface area contributed by atoms with E-state index < -0.39 is 0 Å². The largest absolute Gasteiger partial charge is 0.327 e. The van der Waals surface area contributed by atoms with E-state index in [0.717, 1.165) is 13.0 Å². The van der Waals surface area contributed by atoms with Crippen LogP contribution in [0.4, 0.5) is 4.79 Å². The monoisotopic (exact) mass is 182 g/mol. The lowest BCUT2D eigenvalue weighted by atomic mass is 10.4. The lowest BCUT2D eigenvalue weighted by Gasteiger charge is -2.15. The van der Waals surface area contributed by atoms with Crippen LogP contribution in [0.1, 0.15) is 13.3 Å². The molecule has 13 heavy (non-hydrogen) atoms. The molecule has 0 radical (unpaired) electrons. The number of carbonyl (C=O) groups excluding carboxylic acids is 2. The summed E-state index contributed by atoms with van der Waals surface area (Å²) in [6, 6.07) is -0.188. The van der Waals surface area contributed by atoms with Crippen molar-refractivity contribution in [3.05, 3.63) is 12.7 Å². The van der Waals surface area contributed by atoms with Gasteiger partial charge in [-0.3, -0.25) is 9.69 Å². The molecule has 1 fully saturated rings. The van der Waals surface area contributed by atoms with Crippen molar-refractivity contribution >= 4 is 11.9 Å². The second-order valence-electron chi connectivity index (χ2n) is 2.96. The number of nitrogens with zero attached hydrogens (tertiary/aromatic N) is 2. The third kappa shape index (κ3) is 1.88. The minimum absolute atomic E-state index is 0.188. The summed E-state index contributed by atoms with van der Waals surface area (Å²) in [5.41, 5.74) is 0. The zero-order chi connectivity index (χ0) is 9.84. The Kier molecular flexibility index (Phi) is 3.06. The van der Waals surface area contributed by atoms with Crippen LogP contribution in [0.5, 0.6) is 0 Å². The first-order valence-electron chi connectivity index (χ1n) is 4.43. The van der Waals surface area contributed by atoms with Gasteiger partial charge in [0.1, 0.15) is 0 Å². The molecule has 3 amide bonds. The Hall–Kier alpha value is -1.32. The van der Waals surface area contributed by atoms with Gasteiger partial charge >= 0.3 is 6.03 Å². The zero-order valence-corrected chi connectivity index (χ0v) is 7.82. The summed E-state index contributed by atoms with van der Waals surface area (Å²) < 4.78 is 0. The summed E-state index contributed by atoms with van der Waals surface area (Å²) in [6.45, 7) is 7.21. The highest BCUT2D eigenvalue weighted by Crippen LogP contribution is 2.09. The predicted octanol–water partition coefficient (Wildman–Crippen LogP) is 0.847. The van der Waals surface area contributed by atoms with Crippen molar-refractivity contribution < 1.29 is 9.59 Å². The molecule has 72 valence electrons. The molecule has 0 aromatic rings. The Morgan fingerprint density at radius 1 is 1.62 bits per heavy atom. The summed E-state index contributed by atoms with van der Waals surface area (Å²) in [5, 5.41) is 0. The second-order valence-corrected chi connectivity index (χ2v) is 2.96.